The lowest BCUT2D eigenvalue weighted by Gasteiger charge is -2.02. The van der Waals surface area contributed by atoms with Crippen LogP contribution in [0.3, 0.4) is 0 Å². The number of ketones is 1. The van der Waals surface area contributed by atoms with E-state index in [9.17, 15) is 4.79 Å². The molecule has 0 radical (unpaired) electrons. The number of carbonyl (C=O) groups is 1. The zero-order valence-electron chi connectivity index (χ0n) is 7.28. The van der Waals surface area contributed by atoms with E-state index in [4.69, 9.17) is 10.8 Å². The first-order chi connectivity index (χ1) is 5.65. The molecule has 0 fully saturated rings. The zero-order valence-corrected chi connectivity index (χ0v) is 8.10. The molecule has 0 aliphatic carbocycles. The van der Waals surface area contributed by atoms with Crippen LogP contribution in [0.5, 0.6) is 5.75 Å². The molecule has 3 nitrogen and oxygen atoms in total. The topological polar surface area (TPSA) is 63.3 Å². The quantitative estimate of drug-likeness (QED) is 0.437. The van der Waals surface area contributed by atoms with E-state index in [2.05, 4.69) is 0 Å². The molecule has 0 aliphatic rings. The molecule has 0 aliphatic heterocycles. The van der Waals surface area contributed by atoms with E-state index >= 15 is 0 Å². The Kier molecular flexibility index (Phi) is 4.28. The molecule has 1 rings (SSSR count). The summed E-state index contributed by atoms with van der Waals surface area (Å²) >= 11 is 0. The number of phenolic OH excluding ortho intramolecular Hbond substituents is 1. The van der Waals surface area contributed by atoms with Gasteiger partial charge in [-0.3, -0.25) is 4.79 Å². The van der Waals surface area contributed by atoms with Gasteiger partial charge in [0, 0.05) is 17.7 Å². The van der Waals surface area contributed by atoms with Crippen molar-refractivity contribution < 1.29 is 9.90 Å². The SMILES string of the molecule is CCC(=O)c1cc(O)ccc1N.Cl. The fourth-order valence-electron chi connectivity index (χ4n) is 0.976. The summed E-state index contributed by atoms with van der Waals surface area (Å²) in [5.41, 5.74) is 6.35. The number of nitrogen functional groups attached to an aromatic ring is 1. The Morgan fingerprint density at radius 2 is 2.15 bits per heavy atom. The van der Waals surface area contributed by atoms with Crippen molar-refractivity contribution in [2.45, 2.75) is 13.3 Å². The lowest BCUT2D eigenvalue weighted by Crippen LogP contribution is -2.01. The van der Waals surface area contributed by atoms with Crippen LogP contribution in [0.4, 0.5) is 5.69 Å². The van der Waals surface area contributed by atoms with Crippen LogP contribution in [0.2, 0.25) is 0 Å². The summed E-state index contributed by atoms with van der Waals surface area (Å²) in [5.74, 6) is 0.0180. The molecule has 3 N–H and O–H groups in total. The third-order valence-electron chi connectivity index (χ3n) is 1.66. The van der Waals surface area contributed by atoms with E-state index in [0.29, 0.717) is 17.7 Å². The molecule has 4 heteroatoms. The van der Waals surface area contributed by atoms with Crippen molar-refractivity contribution >= 4 is 23.9 Å². The highest BCUT2D eigenvalue weighted by atomic mass is 35.5. The fraction of sp³-hybridized carbons (Fsp3) is 0.222. The minimum atomic E-state index is -0.0524. The van der Waals surface area contributed by atoms with E-state index in [1.807, 2.05) is 0 Å². The van der Waals surface area contributed by atoms with Crippen LogP contribution in [0.25, 0.3) is 0 Å². The van der Waals surface area contributed by atoms with Crippen molar-refractivity contribution in [3.05, 3.63) is 23.8 Å². The molecular weight excluding hydrogens is 190 g/mol. The number of anilines is 1. The fourth-order valence-corrected chi connectivity index (χ4v) is 0.976. The minimum absolute atomic E-state index is 0. The third kappa shape index (κ3) is 2.63. The Morgan fingerprint density at radius 3 is 2.69 bits per heavy atom. The van der Waals surface area contributed by atoms with Gasteiger partial charge in [0.25, 0.3) is 0 Å². The highest BCUT2D eigenvalue weighted by Gasteiger charge is 2.07. The minimum Gasteiger partial charge on any atom is -0.508 e. The molecule has 1 aromatic carbocycles. The number of hydrogen-bond donors (Lipinski definition) is 2. The summed E-state index contributed by atoms with van der Waals surface area (Å²) in [5, 5.41) is 9.07. The second-order valence-electron chi connectivity index (χ2n) is 2.55. The summed E-state index contributed by atoms with van der Waals surface area (Å²) in [6, 6.07) is 4.38. The van der Waals surface area contributed by atoms with Crippen LogP contribution < -0.4 is 5.73 Å². The van der Waals surface area contributed by atoms with Crippen LogP contribution in [0.1, 0.15) is 23.7 Å². The number of phenols is 1. The Balaban J connectivity index is 0.00000144. The van der Waals surface area contributed by atoms with Crippen molar-refractivity contribution in [3.8, 4) is 5.75 Å². The zero-order chi connectivity index (χ0) is 9.14. The predicted octanol–water partition coefficient (Wildman–Crippen LogP) is 1.99. The molecule has 0 saturated heterocycles. The average molecular weight is 202 g/mol. The highest BCUT2D eigenvalue weighted by molar-refractivity contribution is 6.00. The Morgan fingerprint density at radius 1 is 1.54 bits per heavy atom. The molecule has 0 unspecified atom stereocenters. The van der Waals surface area contributed by atoms with E-state index < -0.39 is 0 Å². The van der Waals surface area contributed by atoms with Gasteiger partial charge in [0.05, 0.1) is 0 Å². The lowest BCUT2D eigenvalue weighted by molar-refractivity contribution is 0.0988. The van der Waals surface area contributed by atoms with Crippen molar-refractivity contribution in [1.29, 1.82) is 0 Å². The van der Waals surface area contributed by atoms with Gasteiger partial charge in [0.1, 0.15) is 5.75 Å². The molecule has 0 amide bonds. The van der Waals surface area contributed by atoms with Gasteiger partial charge >= 0.3 is 0 Å². The molecular formula is C9H12ClNO2. The van der Waals surface area contributed by atoms with Gasteiger partial charge in [-0.15, -0.1) is 12.4 Å². The number of aromatic hydroxyl groups is 1. The standard InChI is InChI=1S/C9H11NO2.ClH/c1-2-9(12)7-5-6(11)3-4-8(7)10;/h3-5,11H,2,10H2,1H3;1H. The van der Waals surface area contributed by atoms with Crippen LogP contribution in [0.15, 0.2) is 18.2 Å². The molecule has 13 heavy (non-hydrogen) atoms. The number of rotatable bonds is 2. The Hall–Kier alpha value is -1.22. The van der Waals surface area contributed by atoms with E-state index in [1.165, 1.54) is 18.2 Å². The summed E-state index contributed by atoms with van der Waals surface area (Å²) in [7, 11) is 0. The maximum Gasteiger partial charge on any atom is 0.164 e. The van der Waals surface area contributed by atoms with E-state index in [-0.39, 0.29) is 23.9 Å². The van der Waals surface area contributed by atoms with Crippen LogP contribution in [-0.2, 0) is 0 Å². The number of halogens is 1. The van der Waals surface area contributed by atoms with Gasteiger partial charge in [-0.05, 0) is 18.2 Å². The Labute approximate surface area is 83.0 Å². The van der Waals surface area contributed by atoms with E-state index in [0.717, 1.165) is 0 Å². The first-order valence-corrected chi connectivity index (χ1v) is 3.77. The number of benzene rings is 1. The van der Waals surface area contributed by atoms with Gasteiger partial charge < -0.3 is 10.8 Å². The summed E-state index contributed by atoms with van der Waals surface area (Å²) in [4.78, 5) is 11.2. The highest BCUT2D eigenvalue weighted by Crippen LogP contribution is 2.19. The normalized spacial score (nSPS) is 9.00. The second-order valence-corrected chi connectivity index (χ2v) is 2.55. The average Bonchev–Trinajstić information content (AvgIpc) is 2.08. The number of hydrogen-bond acceptors (Lipinski definition) is 3. The summed E-state index contributed by atoms with van der Waals surface area (Å²) < 4.78 is 0. The first-order valence-electron chi connectivity index (χ1n) is 3.77. The molecule has 0 heterocycles. The predicted molar refractivity (Wildman–Crippen MR) is 54.4 cm³/mol. The molecule has 0 atom stereocenters. The maximum atomic E-state index is 11.2. The monoisotopic (exact) mass is 201 g/mol. The van der Waals surface area contributed by atoms with E-state index in [1.54, 1.807) is 6.92 Å². The summed E-state index contributed by atoms with van der Waals surface area (Å²) in [6.07, 6.45) is 0.396. The van der Waals surface area contributed by atoms with Crippen LogP contribution in [-0.4, -0.2) is 10.9 Å². The van der Waals surface area contributed by atoms with Gasteiger partial charge in [0.2, 0.25) is 0 Å². The van der Waals surface area contributed by atoms with Gasteiger partial charge in [-0.2, -0.15) is 0 Å². The number of Topliss-reactive ketones (excluding diaryl/α,β-unsaturated/α-hetero) is 1. The molecule has 72 valence electrons. The van der Waals surface area contributed by atoms with Crippen molar-refractivity contribution in [1.82, 2.24) is 0 Å². The van der Waals surface area contributed by atoms with Gasteiger partial charge in [-0.25, -0.2) is 0 Å². The summed E-state index contributed by atoms with van der Waals surface area (Å²) in [6.45, 7) is 1.76. The Bertz CT molecular complexity index is 312. The molecule has 0 bridgehead atoms. The van der Waals surface area contributed by atoms with Gasteiger partial charge in [-0.1, -0.05) is 6.92 Å². The van der Waals surface area contributed by atoms with Crippen molar-refractivity contribution in [2.75, 3.05) is 5.73 Å². The maximum absolute atomic E-state index is 11.2. The second kappa shape index (κ2) is 4.72. The molecule has 0 aromatic heterocycles. The smallest absolute Gasteiger partial charge is 0.164 e. The molecule has 0 saturated carbocycles. The van der Waals surface area contributed by atoms with Crippen molar-refractivity contribution in [2.24, 2.45) is 0 Å². The van der Waals surface area contributed by atoms with Crippen molar-refractivity contribution in [3.63, 3.8) is 0 Å². The number of nitrogens with two attached hydrogens (primary N) is 1. The molecule has 0 spiro atoms. The first kappa shape index (κ1) is 11.8. The van der Waals surface area contributed by atoms with Gasteiger partial charge in [0.15, 0.2) is 5.78 Å². The largest absolute Gasteiger partial charge is 0.508 e. The van der Waals surface area contributed by atoms with Crippen LogP contribution in [0, 0.1) is 0 Å². The lowest BCUT2D eigenvalue weighted by atomic mass is 10.1. The molecule has 1 aromatic rings. The van der Waals surface area contributed by atoms with Crippen LogP contribution >= 0.6 is 12.4 Å². The number of carbonyl (C=O) groups excluding carboxylic acids is 1. The third-order valence-corrected chi connectivity index (χ3v) is 1.66.